The Bertz CT molecular complexity index is 506. The predicted octanol–water partition coefficient (Wildman–Crippen LogP) is 0.170. The van der Waals surface area contributed by atoms with Crippen LogP contribution >= 0.6 is 0 Å². The molecular weight excluding hydrogens is 220 g/mol. The number of rotatable bonds is 2. The lowest BCUT2D eigenvalue weighted by Gasteiger charge is -2.22. The molecule has 6 nitrogen and oxygen atoms in total. The first-order chi connectivity index (χ1) is 8.19. The van der Waals surface area contributed by atoms with Gasteiger partial charge in [0.2, 0.25) is 11.8 Å². The van der Waals surface area contributed by atoms with E-state index in [-0.39, 0.29) is 17.5 Å². The Morgan fingerprint density at radius 1 is 1.47 bits per heavy atom. The van der Waals surface area contributed by atoms with E-state index in [1.54, 1.807) is 18.2 Å². The van der Waals surface area contributed by atoms with Crippen LogP contribution in [0.25, 0.3) is 0 Å². The van der Waals surface area contributed by atoms with Crippen LogP contribution in [-0.4, -0.2) is 22.8 Å². The van der Waals surface area contributed by atoms with E-state index in [4.69, 9.17) is 5.26 Å². The van der Waals surface area contributed by atoms with E-state index in [0.717, 1.165) is 0 Å². The van der Waals surface area contributed by atoms with Crippen molar-refractivity contribution in [3.05, 3.63) is 23.9 Å². The van der Waals surface area contributed by atoms with Crippen molar-refractivity contribution >= 4 is 17.6 Å². The molecule has 0 bridgehead atoms. The number of imide groups is 1. The van der Waals surface area contributed by atoms with Gasteiger partial charge in [-0.3, -0.25) is 14.9 Å². The molecule has 1 aliphatic rings. The van der Waals surface area contributed by atoms with E-state index in [1.807, 2.05) is 6.07 Å². The van der Waals surface area contributed by atoms with Gasteiger partial charge in [0.25, 0.3) is 0 Å². The van der Waals surface area contributed by atoms with Gasteiger partial charge in [-0.25, -0.2) is 4.98 Å². The second-order valence-corrected chi connectivity index (χ2v) is 3.67. The number of nitrogens with zero attached hydrogens (tertiary/aromatic N) is 2. The lowest BCUT2D eigenvalue weighted by Crippen LogP contribution is -2.47. The summed E-state index contributed by atoms with van der Waals surface area (Å²) in [7, 11) is 0. The van der Waals surface area contributed by atoms with Gasteiger partial charge in [0.1, 0.15) is 23.6 Å². The van der Waals surface area contributed by atoms with Crippen molar-refractivity contribution < 1.29 is 9.59 Å². The molecule has 1 aromatic heterocycles. The number of nitriles is 1. The van der Waals surface area contributed by atoms with E-state index in [2.05, 4.69) is 15.6 Å². The van der Waals surface area contributed by atoms with E-state index < -0.39 is 6.04 Å². The summed E-state index contributed by atoms with van der Waals surface area (Å²) in [6, 6.07) is 6.37. The van der Waals surface area contributed by atoms with Crippen molar-refractivity contribution in [3.8, 4) is 6.07 Å². The number of amides is 2. The van der Waals surface area contributed by atoms with Gasteiger partial charge in [0.15, 0.2) is 0 Å². The fraction of sp³-hybridized carbons (Fsp3) is 0.273. The van der Waals surface area contributed by atoms with Crippen LogP contribution in [0.1, 0.15) is 18.5 Å². The molecule has 1 aliphatic heterocycles. The number of aromatic nitrogens is 1. The number of pyridine rings is 1. The van der Waals surface area contributed by atoms with Crippen molar-refractivity contribution in [2.24, 2.45) is 0 Å². The minimum Gasteiger partial charge on any atom is -0.358 e. The number of anilines is 1. The Hall–Kier alpha value is -2.42. The smallest absolute Gasteiger partial charge is 0.249 e. The number of hydrogen-bond acceptors (Lipinski definition) is 5. The third-order valence-corrected chi connectivity index (χ3v) is 2.42. The van der Waals surface area contributed by atoms with Crippen molar-refractivity contribution in [2.75, 3.05) is 5.32 Å². The summed E-state index contributed by atoms with van der Waals surface area (Å²) >= 11 is 0. The summed E-state index contributed by atoms with van der Waals surface area (Å²) in [5, 5.41) is 13.8. The molecule has 2 heterocycles. The zero-order valence-electron chi connectivity index (χ0n) is 8.93. The number of carbonyl (C=O) groups excluding carboxylic acids is 2. The number of hydrogen-bond donors (Lipinski definition) is 2. The quantitative estimate of drug-likeness (QED) is 0.706. The van der Waals surface area contributed by atoms with Crippen molar-refractivity contribution in [1.29, 1.82) is 5.26 Å². The van der Waals surface area contributed by atoms with Gasteiger partial charge in [-0.2, -0.15) is 5.26 Å². The SMILES string of the molecule is N#Cc1cccc(NC2CCC(=O)NC2=O)n1. The monoisotopic (exact) mass is 230 g/mol. The second kappa shape index (κ2) is 4.61. The average molecular weight is 230 g/mol. The lowest BCUT2D eigenvalue weighted by molar-refractivity contribution is -0.133. The van der Waals surface area contributed by atoms with Gasteiger partial charge < -0.3 is 5.32 Å². The highest BCUT2D eigenvalue weighted by Gasteiger charge is 2.26. The van der Waals surface area contributed by atoms with Crippen LogP contribution in [0.5, 0.6) is 0 Å². The summed E-state index contributed by atoms with van der Waals surface area (Å²) < 4.78 is 0. The third-order valence-electron chi connectivity index (χ3n) is 2.42. The third kappa shape index (κ3) is 2.58. The standard InChI is InChI=1S/C11H10N4O2/c12-6-7-2-1-3-9(13-7)14-8-4-5-10(16)15-11(8)17/h1-3,8H,4-5H2,(H,13,14)(H,15,16,17). The summed E-state index contributed by atoms with van der Waals surface area (Å²) in [4.78, 5) is 26.4. The van der Waals surface area contributed by atoms with E-state index in [1.165, 1.54) is 0 Å². The van der Waals surface area contributed by atoms with E-state index >= 15 is 0 Å². The number of carbonyl (C=O) groups is 2. The fourth-order valence-corrected chi connectivity index (χ4v) is 1.59. The maximum atomic E-state index is 11.5. The van der Waals surface area contributed by atoms with Gasteiger partial charge in [0.05, 0.1) is 0 Å². The van der Waals surface area contributed by atoms with Crippen LogP contribution in [-0.2, 0) is 9.59 Å². The molecule has 6 heteroatoms. The summed E-state index contributed by atoms with van der Waals surface area (Å²) in [6.07, 6.45) is 0.741. The Labute approximate surface area is 97.7 Å². The molecule has 0 aliphatic carbocycles. The first-order valence-electron chi connectivity index (χ1n) is 5.16. The molecule has 1 saturated heterocycles. The normalized spacial score (nSPS) is 19.4. The molecule has 1 unspecified atom stereocenters. The molecule has 17 heavy (non-hydrogen) atoms. The van der Waals surface area contributed by atoms with Crippen molar-refractivity contribution in [3.63, 3.8) is 0 Å². The molecular formula is C11H10N4O2. The van der Waals surface area contributed by atoms with Crippen LogP contribution < -0.4 is 10.6 Å². The van der Waals surface area contributed by atoms with Gasteiger partial charge in [-0.05, 0) is 18.6 Å². The summed E-state index contributed by atoms with van der Waals surface area (Å²) in [6.45, 7) is 0. The number of nitrogens with one attached hydrogen (secondary N) is 2. The van der Waals surface area contributed by atoms with Gasteiger partial charge in [-0.15, -0.1) is 0 Å². The van der Waals surface area contributed by atoms with Gasteiger partial charge in [-0.1, -0.05) is 6.07 Å². The molecule has 1 fully saturated rings. The zero-order chi connectivity index (χ0) is 12.3. The molecule has 0 spiro atoms. The van der Waals surface area contributed by atoms with Crippen LogP contribution in [0.15, 0.2) is 18.2 Å². The van der Waals surface area contributed by atoms with Crippen LogP contribution in [0, 0.1) is 11.3 Å². The van der Waals surface area contributed by atoms with Crippen LogP contribution in [0.2, 0.25) is 0 Å². The predicted molar refractivity (Wildman–Crippen MR) is 58.7 cm³/mol. The summed E-state index contributed by atoms with van der Waals surface area (Å²) in [5.74, 6) is -0.157. The first kappa shape index (κ1) is 11.1. The van der Waals surface area contributed by atoms with Gasteiger partial charge in [0, 0.05) is 6.42 Å². The Morgan fingerprint density at radius 3 is 3.00 bits per heavy atom. The van der Waals surface area contributed by atoms with E-state index in [9.17, 15) is 9.59 Å². The number of piperidine rings is 1. The van der Waals surface area contributed by atoms with Crippen molar-refractivity contribution in [1.82, 2.24) is 10.3 Å². The molecule has 1 atom stereocenters. The Kier molecular flexibility index (Phi) is 3.01. The minimum absolute atomic E-state index is 0.258. The highest BCUT2D eigenvalue weighted by atomic mass is 16.2. The topological polar surface area (TPSA) is 94.9 Å². The largest absolute Gasteiger partial charge is 0.358 e. The minimum atomic E-state index is -0.478. The molecule has 2 amide bonds. The molecule has 86 valence electrons. The molecule has 2 N–H and O–H groups in total. The Morgan fingerprint density at radius 2 is 2.29 bits per heavy atom. The van der Waals surface area contributed by atoms with E-state index in [0.29, 0.717) is 18.7 Å². The van der Waals surface area contributed by atoms with Crippen molar-refractivity contribution in [2.45, 2.75) is 18.9 Å². The van der Waals surface area contributed by atoms with Crippen LogP contribution in [0.3, 0.4) is 0 Å². The van der Waals surface area contributed by atoms with Crippen LogP contribution in [0.4, 0.5) is 5.82 Å². The molecule has 0 saturated carbocycles. The molecule has 1 aromatic rings. The maximum absolute atomic E-state index is 11.5. The average Bonchev–Trinajstić information content (AvgIpc) is 2.33. The zero-order valence-corrected chi connectivity index (χ0v) is 8.93. The summed E-state index contributed by atoms with van der Waals surface area (Å²) in [5.41, 5.74) is 0.280. The Balaban J connectivity index is 2.08. The lowest BCUT2D eigenvalue weighted by atomic mass is 10.1. The highest BCUT2D eigenvalue weighted by molar-refractivity contribution is 6.01. The second-order valence-electron chi connectivity index (χ2n) is 3.67. The molecule has 2 rings (SSSR count). The fourth-order valence-electron chi connectivity index (χ4n) is 1.59. The molecule has 0 aromatic carbocycles. The molecule has 0 radical (unpaired) electrons. The maximum Gasteiger partial charge on any atom is 0.249 e. The highest BCUT2D eigenvalue weighted by Crippen LogP contribution is 2.11. The van der Waals surface area contributed by atoms with Gasteiger partial charge >= 0.3 is 0 Å². The first-order valence-corrected chi connectivity index (χ1v) is 5.16.